The van der Waals surface area contributed by atoms with Gasteiger partial charge in [-0.05, 0) is 47.7 Å². The van der Waals surface area contributed by atoms with Crippen molar-refractivity contribution in [3.8, 4) is 0 Å². The van der Waals surface area contributed by atoms with Crippen molar-refractivity contribution in [1.29, 1.82) is 0 Å². The maximum absolute atomic E-state index is 14.6. The Morgan fingerprint density at radius 3 is 2.05 bits per heavy atom. The molecule has 2 rings (SSSR count). The molecule has 0 spiro atoms. The maximum Gasteiger partial charge on any atom is 0.405 e. The monoisotopic (exact) mass is 620 g/mol. The van der Waals surface area contributed by atoms with Crippen LogP contribution in [0.25, 0.3) is 6.08 Å². The SMILES string of the molecule is CC(C)[C@H](CC(=O)[C@H](Cc1ccccc1)NC(=O)/C=C/c1cc(Cl)cc(Cl)c1)C(=O)C(F)(F)C(=O)NCC(F)(F)F. The largest absolute Gasteiger partial charge is 0.405 e. The van der Waals surface area contributed by atoms with Gasteiger partial charge in [0, 0.05) is 28.5 Å². The molecule has 2 aromatic carbocycles. The van der Waals surface area contributed by atoms with Gasteiger partial charge in [-0.3, -0.25) is 19.2 Å². The predicted molar refractivity (Wildman–Crippen MR) is 145 cm³/mol. The normalized spacial score (nSPS) is 13.6. The quantitative estimate of drug-likeness (QED) is 0.167. The lowest BCUT2D eigenvalue weighted by molar-refractivity contribution is -0.167. The van der Waals surface area contributed by atoms with E-state index in [1.165, 1.54) is 38.1 Å². The van der Waals surface area contributed by atoms with E-state index in [1.54, 1.807) is 30.3 Å². The van der Waals surface area contributed by atoms with Gasteiger partial charge >= 0.3 is 12.1 Å². The first-order valence-electron chi connectivity index (χ1n) is 12.3. The summed E-state index contributed by atoms with van der Waals surface area (Å²) in [5.41, 5.74) is 1.10. The molecule has 0 aliphatic carbocycles. The number of carbonyl (C=O) groups excluding carboxylic acids is 4. The average Bonchev–Trinajstić information content (AvgIpc) is 2.87. The van der Waals surface area contributed by atoms with E-state index in [-0.39, 0.29) is 6.42 Å². The molecule has 0 saturated carbocycles. The van der Waals surface area contributed by atoms with Crippen molar-refractivity contribution in [1.82, 2.24) is 10.6 Å². The van der Waals surface area contributed by atoms with Crippen LogP contribution in [0.3, 0.4) is 0 Å². The van der Waals surface area contributed by atoms with E-state index in [4.69, 9.17) is 23.2 Å². The third kappa shape index (κ3) is 10.9. The van der Waals surface area contributed by atoms with Crippen molar-refractivity contribution in [2.45, 2.75) is 44.8 Å². The molecule has 0 unspecified atom stereocenters. The lowest BCUT2D eigenvalue weighted by Gasteiger charge is -2.26. The van der Waals surface area contributed by atoms with Crippen molar-refractivity contribution in [3.63, 3.8) is 0 Å². The maximum atomic E-state index is 14.6. The lowest BCUT2D eigenvalue weighted by atomic mass is 9.82. The van der Waals surface area contributed by atoms with Gasteiger partial charge in [0.05, 0.1) is 6.04 Å². The molecule has 0 fully saturated rings. The molecule has 2 aromatic rings. The van der Waals surface area contributed by atoms with Gasteiger partial charge in [-0.1, -0.05) is 67.4 Å². The zero-order chi connectivity index (χ0) is 31.0. The Hall–Kier alpha value is -3.31. The van der Waals surface area contributed by atoms with E-state index in [9.17, 15) is 41.1 Å². The number of amides is 2. The lowest BCUT2D eigenvalue weighted by Crippen LogP contribution is -2.52. The van der Waals surface area contributed by atoms with E-state index in [0.29, 0.717) is 21.2 Å². The fourth-order valence-electron chi connectivity index (χ4n) is 3.78. The molecule has 222 valence electrons. The molecule has 0 aliphatic rings. The number of alkyl halides is 5. The molecular formula is C28H27Cl2F5N2O4. The Bertz CT molecular complexity index is 1260. The van der Waals surface area contributed by atoms with Crippen molar-refractivity contribution in [3.05, 3.63) is 75.8 Å². The summed E-state index contributed by atoms with van der Waals surface area (Å²) in [7, 11) is 0. The van der Waals surface area contributed by atoms with E-state index in [2.05, 4.69) is 5.32 Å². The molecule has 2 amide bonds. The van der Waals surface area contributed by atoms with E-state index in [0.717, 1.165) is 11.4 Å². The summed E-state index contributed by atoms with van der Waals surface area (Å²) < 4.78 is 66.3. The third-order valence-corrected chi connectivity index (χ3v) is 6.34. The highest BCUT2D eigenvalue weighted by molar-refractivity contribution is 6.34. The topological polar surface area (TPSA) is 92.3 Å². The molecule has 0 saturated heterocycles. The fourth-order valence-corrected chi connectivity index (χ4v) is 4.33. The molecule has 0 aromatic heterocycles. The number of nitrogens with one attached hydrogen (secondary N) is 2. The van der Waals surface area contributed by atoms with Gasteiger partial charge in [-0.15, -0.1) is 0 Å². The Morgan fingerprint density at radius 2 is 1.51 bits per heavy atom. The van der Waals surface area contributed by atoms with Gasteiger partial charge in [0.15, 0.2) is 5.78 Å². The first-order chi connectivity index (χ1) is 19.0. The average molecular weight is 621 g/mol. The minimum atomic E-state index is -4.97. The minimum absolute atomic E-state index is 0.0519. The second-order valence-corrected chi connectivity index (χ2v) is 10.4. The summed E-state index contributed by atoms with van der Waals surface area (Å²) in [6.45, 7) is 0.645. The standard InChI is InChI=1S/C28H27Cl2F5N2O4/c1-16(2)21(25(40)28(34,35)26(41)36-15-27(31,32)33)14-23(38)22(12-17-6-4-3-5-7-17)37-24(39)9-8-18-10-19(29)13-20(30)11-18/h3-11,13,16,21-22H,12,14-15H2,1-2H3,(H,36,41)(H,37,39)/b9-8+/t21-,22-/m0/s1. The van der Waals surface area contributed by atoms with E-state index in [1.807, 2.05) is 0 Å². The number of hydrogen-bond donors (Lipinski definition) is 2. The number of hydrogen-bond acceptors (Lipinski definition) is 4. The number of carbonyl (C=O) groups is 4. The Kier molecular flexibility index (Phi) is 12.0. The highest BCUT2D eigenvalue weighted by Gasteiger charge is 2.51. The van der Waals surface area contributed by atoms with E-state index >= 15 is 0 Å². The van der Waals surface area contributed by atoms with Crippen molar-refractivity contribution in [2.75, 3.05) is 6.54 Å². The summed E-state index contributed by atoms with van der Waals surface area (Å²) in [4.78, 5) is 50.4. The van der Waals surface area contributed by atoms with Crippen LogP contribution in [0.5, 0.6) is 0 Å². The summed E-state index contributed by atoms with van der Waals surface area (Å²) in [6.07, 6.45) is -3.33. The van der Waals surface area contributed by atoms with Gasteiger partial charge in [-0.2, -0.15) is 22.0 Å². The fraction of sp³-hybridized carbons (Fsp3) is 0.357. The van der Waals surface area contributed by atoms with Crippen LogP contribution in [0.15, 0.2) is 54.6 Å². The Balaban J connectivity index is 2.25. The molecule has 41 heavy (non-hydrogen) atoms. The van der Waals surface area contributed by atoms with Gasteiger partial charge in [0.25, 0.3) is 5.91 Å². The van der Waals surface area contributed by atoms with Crippen LogP contribution in [0, 0.1) is 11.8 Å². The number of benzene rings is 2. The number of rotatable bonds is 13. The molecular weight excluding hydrogens is 594 g/mol. The third-order valence-electron chi connectivity index (χ3n) is 5.91. The summed E-state index contributed by atoms with van der Waals surface area (Å²) in [6, 6.07) is 11.7. The molecule has 0 bridgehead atoms. The van der Waals surface area contributed by atoms with Crippen LogP contribution in [-0.4, -0.2) is 48.1 Å². The Morgan fingerprint density at radius 1 is 0.927 bits per heavy atom. The molecule has 6 nitrogen and oxygen atoms in total. The van der Waals surface area contributed by atoms with Crippen LogP contribution in [0.2, 0.25) is 10.0 Å². The zero-order valence-electron chi connectivity index (χ0n) is 21.9. The molecule has 2 N–H and O–H groups in total. The first-order valence-corrected chi connectivity index (χ1v) is 13.0. The number of halogens is 7. The van der Waals surface area contributed by atoms with Crippen LogP contribution >= 0.6 is 23.2 Å². The van der Waals surface area contributed by atoms with E-state index < -0.39 is 66.3 Å². The zero-order valence-corrected chi connectivity index (χ0v) is 23.4. The van der Waals surface area contributed by atoms with Crippen LogP contribution in [0.4, 0.5) is 22.0 Å². The highest BCUT2D eigenvalue weighted by atomic mass is 35.5. The summed E-state index contributed by atoms with van der Waals surface area (Å²) >= 11 is 11.9. The smallest absolute Gasteiger partial charge is 0.342 e. The predicted octanol–water partition coefficient (Wildman–Crippen LogP) is 5.85. The molecule has 2 atom stereocenters. The van der Waals surface area contributed by atoms with Crippen LogP contribution in [-0.2, 0) is 25.6 Å². The van der Waals surface area contributed by atoms with Crippen LogP contribution < -0.4 is 10.6 Å². The summed E-state index contributed by atoms with van der Waals surface area (Å²) in [5, 5.41) is 4.15. The van der Waals surface area contributed by atoms with Gasteiger partial charge in [0.1, 0.15) is 6.54 Å². The number of Topliss-reactive ketones (excluding diaryl/α,β-unsaturated/α-hetero) is 2. The first kappa shape index (κ1) is 33.9. The molecule has 0 radical (unpaired) electrons. The van der Waals surface area contributed by atoms with Gasteiger partial charge < -0.3 is 10.6 Å². The molecule has 13 heteroatoms. The van der Waals surface area contributed by atoms with Gasteiger partial charge in [-0.25, -0.2) is 0 Å². The number of ketones is 2. The summed E-state index contributed by atoms with van der Waals surface area (Å²) in [5.74, 6) is -13.4. The van der Waals surface area contributed by atoms with Gasteiger partial charge in [0.2, 0.25) is 11.7 Å². The van der Waals surface area contributed by atoms with Crippen molar-refractivity contribution >= 4 is 52.7 Å². The van der Waals surface area contributed by atoms with Crippen molar-refractivity contribution < 1.29 is 41.1 Å². The molecule has 0 heterocycles. The van der Waals surface area contributed by atoms with Crippen LogP contribution in [0.1, 0.15) is 31.4 Å². The second-order valence-electron chi connectivity index (χ2n) is 9.54. The second kappa shape index (κ2) is 14.5. The Labute approximate surface area is 243 Å². The minimum Gasteiger partial charge on any atom is -0.342 e. The highest BCUT2D eigenvalue weighted by Crippen LogP contribution is 2.28. The van der Waals surface area contributed by atoms with Crippen molar-refractivity contribution in [2.24, 2.45) is 11.8 Å². The molecule has 0 aliphatic heterocycles.